The molecule has 0 radical (unpaired) electrons. The van der Waals surface area contributed by atoms with E-state index in [1.165, 1.54) is 5.56 Å². The molecule has 0 aliphatic rings. The summed E-state index contributed by atoms with van der Waals surface area (Å²) >= 11 is 9.34. The SMILES string of the molecule is CCN(Cc1ccccc1C)C(=O)c1ccc(Cl)cc1Br. The lowest BCUT2D eigenvalue weighted by atomic mass is 10.1. The molecule has 2 nitrogen and oxygen atoms in total. The summed E-state index contributed by atoms with van der Waals surface area (Å²) in [6, 6.07) is 13.4. The maximum atomic E-state index is 12.7. The number of hydrogen-bond acceptors (Lipinski definition) is 1. The third-order valence-corrected chi connectivity index (χ3v) is 4.34. The fourth-order valence-corrected chi connectivity index (χ4v) is 3.01. The molecule has 0 aliphatic carbocycles. The number of rotatable bonds is 4. The Hall–Kier alpha value is -1.32. The van der Waals surface area contributed by atoms with Gasteiger partial charge in [0.25, 0.3) is 5.91 Å². The molecule has 0 saturated heterocycles. The van der Waals surface area contributed by atoms with Gasteiger partial charge in [0.1, 0.15) is 0 Å². The Morgan fingerprint density at radius 3 is 2.57 bits per heavy atom. The summed E-state index contributed by atoms with van der Waals surface area (Å²) in [5.74, 6) is 0.00398. The molecule has 0 bridgehead atoms. The van der Waals surface area contributed by atoms with Crippen LogP contribution < -0.4 is 0 Å². The van der Waals surface area contributed by atoms with Crippen LogP contribution in [0.2, 0.25) is 5.02 Å². The number of aryl methyl sites for hydroxylation is 1. The predicted octanol–water partition coefficient (Wildman–Crippen LogP) is 5.07. The first-order valence-corrected chi connectivity index (χ1v) is 7.99. The number of amides is 1. The van der Waals surface area contributed by atoms with E-state index in [1.54, 1.807) is 18.2 Å². The van der Waals surface area contributed by atoms with Crippen molar-refractivity contribution in [3.63, 3.8) is 0 Å². The largest absolute Gasteiger partial charge is 0.335 e. The van der Waals surface area contributed by atoms with Crippen molar-refractivity contribution < 1.29 is 4.79 Å². The summed E-state index contributed by atoms with van der Waals surface area (Å²) in [6.45, 7) is 5.31. The first-order chi connectivity index (χ1) is 10.0. The van der Waals surface area contributed by atoms with Gasteiger partial charge in [0, 0.05) is 22.6 Å². The van der Waals surface area contributed by atoms with Crippen molar-refractivity contribution in [3.8, 4) is 0 Å². The van der Waals surface area contributed by atoms with Crippen LogP contribution in [0.25, 0.3) is 0 Å². The molecule has 4 heteroatoms. The molecule has 1 amide bonds. The Morgan fingerprint density at radius 1 is 1.24 bits per heavy atom. The number of hydrogen-bond donors (Lipinski definition) is 0. The monoisotopic (exact) mass is 365 g/mol. The van der Waals surface area contributed by atoms with Crippen molar-refractivity contribution in [2.45, 2.75) is 20.4 Å². The zero-order valence-corrected chi connectivity index (χ0v) is 14.4. The average molecular weight is 367 g/mol. The second kappa shape index (κ2) is 7.10. The van der Waals surface area contributed by atoms with Gasteiger partial charge in [0.15, 0.2) is 0 Å². The van der Waals surface area contributed by atoms with Gasteiger partial charge in [-0.2, -0.15) is 0 Å². The van der Waals surface area contributed by atoms with E-state index in [0.717, 1.165) is 10.0 Å². The second-order valence-electron chi connectivity index (χ2n) is 4.87. The fourth-order valence-electron chi connectivity index (χ4n) is 2.15. The first-order valence-electron chi connectivity index (χ1n) is 6.81. The van der Waals surface area contributed by atoms with Gasteiger partial charge in [-0.05, 0) is 59.1 Å². The number of carbonyl (C=O) groups is 1. The Morgan fingerprint density at radius 2 is 1.95 bits per heavy atom. The van der Waals surface area contributed by atoms with Crippen LogP contribution in [0.4, 0.5) is 0 Å². The molecule has 0 unspecified atom stereocenters. The first kappa shape index (κ1) is 16.1. The highest BCUT2D eigenvalue weighted by Crippen LogP contribution is 2.23. The summed E-state index contributed by atoms with van der Waals surface area (Å²) in [7, 11) is 0. The van der Waals surface area contributed by atoms with Crippen molar-refractivity contribution in [3.05, 3.63) is 68.7 Å². The van der Waals surface area contributed by atoms with Gasteiger partial charge in [0.2, 0.25) is 0 Å². The third-order valence-electron chi connectivity index (χ3n) is 3.45. The second-order valence-corrected chi connectivity index (χ2v) is 6.16. The summed E-state index contributed by atoms with van der Waals surface area (Å²) in [6.07, 6.45) is 0. The molecular weight excluding hydrogens is 350 g/mol. The van der Waals surface area contributed by atoms with E-state index in [4.69, 9.17) is 11.6 Å². The zero-order chi connectivity index (χ0) is 15.4. The molecule has 0 atom stereocenters. The zero-order valence-electron chi connectivity index (χ0n) is 12.1. The van der Waals surface area contributed by atoms with E-state index >= 15 is 0 Å². The average Bonchev–Trinajstić information content (AvgIpc) is 2.46. The van der Waals surface area contributed by atoms with E-state index in [-0.39, 0.29) is 5.91 Å². The van der Waals surface area contributed by atoms with Crippen molar-refractivity contribution >= 4 is 33.4 Å². The van der Waals surface area contributed by atoms with Gasteiger partial charge in [-0.1, -0.05) is 35.9 Å². The van der Waals surface area contributed by atoms with Crippen LogP contribution in [0.1, 0.15) is 28.4 Å². The highest BCUT2D eigenvalue weighted by molar-refractivity contribution is 9.10. The van der Waals surface area contributed by atoms with Gasteiger partial charge in [-0.25, -0.2) is 0 Å². The maximum Gasteiger partial charge on any atom is 0.255 e. The predicted molar refractivity (Wildman–Crippen MR) is 90.7 cm³/mol. The number of halogens is 2. The molecule has 21 heavy (non-hydrogen) atoms. The summed E-state index contributed by atoms with van der Waals surface area (Å²) in [5, 5.41) is 0.611. The molecule has 0 fully saturated rings. The van der Waals surface area contributed by atoms with Crippen molar-refractivity contribution in [1.82, 2.24) is 4.90 Å². The molecule has 2 aromatic carbocycles. The molecule has 0 spiro atoms. The van der Waals surface area contributed by atoms with Crippen LogP contribution in [0.5, 0.6) is 0 Å². The van der Waals surface area contributed by atoms with Crippen LogP contribution in [0.15, 0.2) is 46.9 Å². The molecule has 0 aromatic heterocycles. The van der Waals surface area contributed by atoms with E-state index in [0.29, 0.717) is 23.7 Å². The maximum absolute atomic E-state index is 12.7. The molecule has 0 N–H and O–H groups in total. The summed E-state index contributed by atoms with van der Waals surface area (Å²) in [4.78, 5) is 14.5. The van der Waals surface area contributed by atoms with Gasteiger partial charge in [0.05, 0.1) is 5.56 Å². The van der Waals surface area contributed by atoms with Gasteiger partial charge >= 0.3 is 0 Å². The molecule has 110 valence electrons. The number of carbonyl (C=O) groups excluding carboxylic acids is 1. The van der Waals surface area contributed by atoms with E-state index in [9.17, 15) is 4.79 Å². The Balaban J connectivity index is 2.25. The Bertz CT molecular complexity index is 657. The minimum absolute atomic E-state index is 0.00398. The number of nitrogens with zero attached hydrogens (tertiary/aromatic N) is 1. The molecule has 0 aliphatic heterocycles. The standard InChI is InChI=1S/C17H17BrClNO/c1-3-20(11-13-7-5-4-6-12(13)2)17(21)15-9-8-14(19)10-16(15)18/h4-10H,3,11H2,1-2H3. The van der Waals surface area contributed by atoms with Gasteiger partial charge in [-0.3, -0.25) is 4.79 Å². The lowest BCUT2D eigenvalue weighted by Gasteiger charge is -2.22. The lowest BCUT2D eigenvalue weighted by molar-refractivity contribution is 0.0751. The lowest BCUT2D eigenvalue weighted by Crippen LogP contribution is -2.30. The minimum atomic E-state index is 0.00398. The van der Waals surface area contributed by atoms with Crippen LogP contribution in [-0.2, 0) is 6.54 Å². The smallest absolute Gasteiger partial charge is 0.255 e. The number of benzene rings is 2. The quantitative estimate of drug-likeness (QED) is 0.739. The highest BCUT2D eigenvalue weighted by atomic mass is 79.9. The highest BCUT2D eigenvalue weighted by Gasteiger charge is 2.17. The van der Waals surface area contributed by atoms with Crippen molar-refractivity contribution in [2.75, 3.05) is 6.54 Å². The van der Waals surface area contributed by atoms with E-state index < -0.39 is 0 Å². The van der Waals surface area contributed by atoms with Crippen LogP contribution in [0, 0.1) is 6.92 Å². The normalized spacial score (nSPS) is 10.5. The molecule has 0 saturated carbocycles. The van der Waals surface area contributed by atoms with Crippen molar-refractivity contribution in [1.29, 1.82) is 0 Å². The van der Waals surface area contributed by atoms with Gasteiger partial charge in [-0.15, -0.1) is 0 Å². The van der Waals surface area contributed by atoms with E-state index in [2.05, 4.69) is 35.0 Å². The van der Waals surface area contributed by atoms with Crippen LogP contribution in [-0.4, -0.2) is 17.4 Å². The van der Waals surface area contributed by atoms with Gasteiger partial charge < -0.3 is 4.90 Å². The molecule has 0 heterocycles. The van der Waals surface area contributed by atoms with E-state index in [1.807, 2.05) is 24.0 Å². The summed E-state index contributed by atoms with van der Waals surface area (Å²) in [5.41, 5.74) is 2.99. The third kappa shape index (κ3) is 3.86. The Kier molecular flexibility index (Phi) is 5.43. The summed E-state index contributed by atoms with van der Waals surface area (Å²) < 4.78 is 0.725. The van der Waals surface area contributed by atoms with Crippen molar-refractivity contribution in [2.24, 2.45) is 0 Å². The van der Waals surface area contributed by atoms with Crippen LogP contribution in [0.3, 0.4) is 0 Å². The molecule has 2 rings (SSSR count). The molecular formula is C17H17BrClNO. The topological polar surface area (TPSA) is 20.3 Å². The van der Waals surface area contributed by atoms with Crippen LogP contribution >= 0.6 is 27.5 Å². The minimum Gasteiger partial charge on any atom is -0.335 e. The molecule has 2 aromatic rings. The fraction of sp³-hybridized carbons (Fsp3) is 0.235. The Labute approximate surface area is 138 Å².